The Bertz CT molecular complexity index is 354. The second kappa shape index (κ2) is 7.92. The Labute approximate surface area is 113 Å². The fourth-order valence-corrected chi connectivity index (χ4v) is 1.82. The summed E-state index contributed by atoms with van der Waals surface area (Å²) in [5, 5.41) is 27.2. The fourth-order valence-electron chi connectivity index (χ4n) is 1.22. The Balaban J connectivity index is 5.10. The van der Waals surface area contributed by atoms with Crippen LogP contribution in [0.5, 0.6) is 0 Å². The Morgan fingerprint density at radius 3 is 1.74 bits per heavy atom. The van der Waals surface area contributed by atoms with Crippen LogP contribution in [0.25, 0.3) is 0 Å². The van der Waals surface area contributed by atoms with Gasteiger partial charge >= 0.3 is 11.9 Å². The molecule has 0 spiro atoms. The molecule has 0 fully saturated rings. The van der Waals surface area contributed by atoms with Gasteiger partial charge < -0.3 is 31.3 Å². The largest absolute Gasteiger partial charge is 0.478 e. The summed E-state index contributed by atoms with van der Waals surface area (Å²) in [6.07, 6.45) is 3.47. The number of hydrogen-bond donors (Lipinski definition) is 6. The smallest absolute Gasteiger partial charge is 0.328 e. The monoisotopic (exact) mass is 292 g/mol. The standard InChI is InChI=1S/C10H16N2O6S/c11-6(1-3-8(13)14)10(17,5-19-18)7(12)2-4-9(15)16/h1-4,6-7,17-18H,5,11-12H2,(H,13,14)(H,15,16). The van der Waals surface area contributed by atoms with Crippen molar-refractivity contribution in [2.45, 2.75) is 17.7 Å². The van der Waals surface area contributed by atoms with Crippen LogP contribution in [0, 0.1) is 0 Å². The lowest BCUT2D eigenvalue weighted by atomic mass is 9.88. The summed E-state index contributed by atoms with van der Waals surface area (Å²) in [4.78, 5) is 20.7. The molecule has 0 aromatic heterocycles. The van der Waals surface area contributed by atoms with Crippen molar-refractivity contribution in [3.63, 3.8) is 0 Å². The Hall–Kier alpha value is -1.39. The van der Waals surface area contributed by atoms with Crippen LogP contribution >= 0.6 is 12.0 Å². The molecule has 2 atom stereocenters. The van der Waals surface area contributed by atoms with E-state index in [9.17, 15) is 14.7 Å². The van der Waals surface area contributed by atoms with Crippen LogP contribution in [0.3, 0.4) is 0 Å². The van der Waals surface area contributed by atoms with Gasteiger partial charge in [-0.05, 0) is 12.0 Å². The van der Waals surface area contributed by atoms with E-state index in [1.54, 1.807) is 0 Å². The van der Waals surface area contributed by atoms with E-state index in [0.29, 0.717) is 0 Å². The highest BCUT2D eigenvalue weighted by atomic mass is 32.2. The minimum Gasteiger partial charge on any atom is -0.478 e. The topological polar surface area (TPSA) is 167 Å². The molecule has 8 nitrogen and oxygen atoms in total. The van der Waals surface area contributed by atoms with Gasteiger partial charge in [0, 0.05) is 12.2 Å². The zero-order chi connectivity index (χ0) is 15.1. The SMILES string of the molecule is NC(C=CC(=O)O)C(O)(CSO)C(N)C=CC(=O)O. The third kappa shape index (κ3) is 5.85. The van der Waals surface area contributed by atoms with E-state index in [1.807, 2.05) is 0 Å². The first kappa shape index (κ1) is 17.6. The van der Waals surface area contributed by atoms with E-state index in [4.69, 9.17) is 26.2 Å². The van der Waals surface area contributed by atoms with Crippen molar-refractivity contribution in [1.29, 1.82) is 0 Å². The van der Waals surface area contributed by atoms with E-state index in [-0.39, 0.29) is 17.8 Å². The van der Waals surface area contributed by atoms with Crippen LogP contribution in [0.2, 0.25) is 0 Å². The molecule has 0 aromatic carbocycles. The third-order valence-corrected chi connectivity index (χ3v) is 2.93. The molecule has 108 valence electrons. The molecule has 0 rings (SSSR count). The number of aliphatic carboxylic acids is 2. The zero-order valence-corrected chi connectivity index (χ0v) is 10.7. The number of carbonyl (C=O) groups is 2. The molecule has 9 heteroatoms. The van der Waals surface area contributed by atoms with Crippen LogP contribution in [0.1, 0.15) is 0 Å². The second-order valence-electron chi connectivity index (χ2n) is 3.71. The molecular weight excluding hydrogens is 276 g/mol. The highest BCUT2D eigenvalue weighted by Gasteiger charge is 2.38. The van der Waals surface area contributed by atoms with Gasteiger partial charge in [-0.1, -0.05) is 12.2 Å². The Morgan fingerprint density at radius 2 is 1.47 bits per heavy atom. The van der Waals surface area contributed by atoms with Crippen molar-refractivity contribution in [2.24, 2.45) is 11.5 Å². The van der Waals surface area contributed by atoms with Gasteiger partial charge in [0.1, 0.15) is 5.60 Å². The highest BCUT2D eigenvalue weighted by molar-refractivity contribution is 7.93. The predicted molar refractivity (Wildman–Crippen MR) is 69.5 cm³/mol. The maximum Gasteiger partial charge on any atom is 0.328 e. The second-order valence-corrected chi connectivity index (χ2v) is 4.26. The molecule has 8 N–H and O–H groups in total. The maximum absolute atomic E-state index is 10.4. The average Bonchev–Trinajstić information content (AvgIpc) is 2.32. The molecule has 0 bridgehead atoms. The summed E-state index contributed by atoms with van der Waals surface area (Å²) < 4.78 is 8.82. The minimum atomic E-state index is -1.89. The molecule has 0 heterocycles. The van der Waals surface area contributed by atoms with E-state index >= 15 is 0 Å². The Kier molecular flexibility index (Phi) is 7.34. The van der Waals surface area contributed by atoms with Gasteiger partial charge in [-0.15, -0.1) is 0 Å². The molecule has 0 saturated heterocycles. The molecule has 0 aliphatic carbocycles. The summed E-state index contributed by atoms with van der Waals surface area (Å²) in [6, 6.07) is -2.40. The summed E-state index contributed by atoms with van der Waals surface area (Å²) in [5.74, 6) is -2.84. The quantitative estimate of drug-likeness (QED) is 0.239. The van der Waals surface area contributed by atoms with Crippen LogP contribution in [0.15, 0.2) is 24.3 Å². The van der Waals surface area contributed by atoms with Crippen LogP contribution < -0.4 is 11.5 Å². The summed E-state index contributed by atoms with van der Waals surface area (Å²) >= 11 is 0.261. The van der Waals surface area contributed by atoms with Crippen LogP contribution in [-0.2, 0) is 9.59 Å². The van der Waals surface area contributed by atoms with Gasteiger partial charge in [-0.3, -0.25) is 0 Å². The van der Waals surface area contributed by atoms with E-state index < -0.39 is 29.6 Å². The first-order valence-electron chi connectivity index (χ1n) is 5.06. The highest BCUT2D eigenvalue weighted by Crippen LogP contribution is 2.20. The van der Waals surface area contributed by atoms with E-state index in [2.05, 4.69) is 0 Å². The van der Waals surface area contributed by atoms with Gasteiger partial charge in [0.25, 0.3) is 0 Å². The van der Waals surface area contributed by atoms with E-state index in [0.717, 1.165) is 24.3 Å². The molecule has 0 amide bonds. The van der Waals surface area contributed by atoms with Crippen LogP contribution in [0.4, 0.5) is 0 Å². The fraction of sp³-hybridized carbons (Fsp3) is 0.400. The summed E-state index contributed by atoms with van der Waals surface area (Å²) in [7, 11) is 0. The number of carboxylic acid groups (broad SMARTS) is 2. The van der Waals surface area contributed by atoms with Crippen LogP contribution in [-0.4, -0.2) is 55.2 Å². The van der Waals surface area contributed by atoms with Crippen molar-refractivity contribution in [2.75, 3.05) is 5.75 Å². The first-order valence-corrected chi connectivity index (χ1v) is 6.00. The molecule has 0 aliphatic heterocycles. The molecular formula is C10H16N2O6S. The van der Waals surface area contributed by atoms with Gasteiger partial charge in [0.05, 0.1) is 17.8 Å². The maximum atomic E-state index is 10.4. The van der Waals surface area contributed by atoms with Gasteiger partial charge in [0.2, 0.25) is 0 Å². The number of aliphatic hydroxyl groups is 1. The molecule has 2 unspecified atom stereocenters. The number of nitrogens with two attached hydrogens (primary N) is 2. The number of rotatable bonds is 8. The van der Waals surface area contributed by atoms with Crippen molar-refractivity contribution >= 4 is 24.0 Å². The molecule has 0 saturated carbocycles. The van der Waals surface area contributed by atoms with Gasteiger partial charge in [0.15, 0.2) is 0 Å². The van der Waals surface area contributed by atoms with Crippen molar-refractivity contribution in [3.05, 3.63) is 24.3 Å². The van der Waals surface area contributed by atoms with E-state index in [1.165, 1.54) is 0 Å². The lowest BCUT2D eigenvalue weighted by Crippen LogP contribution is -2.60. The number of carboxylic acids is 2. The molecule has 0 aromatic rings. The van der Waals surface area contributed by atoms with Gasteiger partial charge in [-0.2, -0.15) is 0 Å². The minimum absolute atomic E-state index is 0.261. The summed E-state index contributed by atoms with van der Waals surface area (Å²) in [5.41, 5.74) is 9.32. The zero-order valence-electron chi connectivity index (χ0n) is 9.84. The Morgan fingerprint density at radius 1 is 1.11 bits per heavy atom. The van der Waals surface area contributed by atoms with Crippen molar-refractivity contribution in [3.8, 4) is 0 Å². The average molecular weight is 292 g/mol. The lowest BCUT2D eigenvalue weighted by molar-refractivity contribution is -0.132. The normalized spacial score (nSPS) is 18.3. The predicted octanol–water partition coefficient (Wildman–Crippen LogP) is -1.14. The van der Waals surface area contributed by atoms with Gasteiger partial charge in [-0.25, -0.2) is 9.59 Å². The lowest BCUT2D eigenvalue weighted by Gasteiger charge is -2.35. The first-order chi connectivity index (χ1) is 8.74. The molecule has 0 radical (unpaired) electrons. The van der Waals surface area contributed by atoms with Crippen molar-refractivity contribution < 1.29 is 29.5 Å². The molecule has 0 aliphatic rings. The number of hydrogen-bond acceptors (Lipinski definition) is 7. The third-order valence-electron chi connectivity index (χ3n) is 2.34. The van der Waals surface area contributed by atoms with Crippen molar-refractivity contribution in [1.82, 2.24) is 0 Å². The molecule has 19 heavy (non-hydrogen) atoms. The summed E-state index contributed by atoms with van der Waals surface area (Å²) in [6.45, 7) is 0.